The first-order valence-electron chi connectivity index (χ1n) is 4.84. The molecule has 0 aliphatic carbocycles. The van der Waals surface area contributed by atoms with E-state index in [0.29, 0.717) is 17.0 Å². The van der Waals surface area contributed by atoms with E-state index in [0.717, 1.165) is 0 Å². The van der Waals surface area contributed by atoms with Gasteiger partial charge in [0.1, 0.15) is 0 Å². The first-order chi connectivity index (χ1) is 8.00. The number of hydrogen-bond acceptors (Lipinski definition) is 5. The summed E-state index contributed by atoms with van der Waals surface area (Å²) in [5.41, 5.74) is 6.74. The van der Waals surface area contributed by atoms with Crippen LogP contribution in [0.2, 0.25) is 0 Å². The molecule has 0 aliphatic rings. The fraction of sp³-hybridized carbons (Fsp3) is 0.182. The lowest BCUT2D eigenvalue weighted by atomic mass is 10.1. The number of nitrogens with two attached hydrogens (primary N) is 1. The summed E-state index contributed by atoms with van der Waals surface area (Å²) in [4.78, 5) is 20.8. The van der Waals surface area contributed by atoms with E-state index in [2.05, 4.69) is 0 Å². The highest BCUT2D eigenvalue weighted by Gasteiger charge is 2.06. The van der Waals surface area contributed by atoms with Crippen molar-refractivity contribution in [3.8, 4) is 0 Å². The molecule has 1 aromatic rings. The average Bonchev–Trinajstić information content (AvgIpc) is 2.25. The van der Waals surface area contributed by atoms with E-state index in [1.807, 2.05) is 0 Å². The van der Waals surface area contributed by atoms with Crippen molar-refractivity contribution in [1.82, 2.24) is 0 Å². The molecule has 6 heteroatoms. The van der Waals surface area contributed by atoms with Crippen molar-refractivity contribution in [3.63, 3.8) is 0 Å². The molecule has 2 N–H and O–H groups in total. The third-order valence-electron chi connectivity index (χ3n) is 1.96. The standard InChI is InChI=1S/C11H12N2O3S/c1-8(14)17-6-2-3-9-7-10(13(15)16)4-5-11(9)12/h2-5,7H,6,12H2,1H3. The molecule has 0 atom stereocenters. The zero-order chi connectivity index (χ0) is 12.8. The van der Waals surface area contributed by atoms with E-state index in [-0.39, 0.29) is 10.8 Å². The molecule has 0 aromatic heterocycles. The van der Waals surface area contributed by atoms with Crippen molar-refractivity contribution in [1.29, 1.82) is 0 Å². The first-order valence-corrected chi connectivity index (χ1v) is 5.83. The smallest absolute Gasteiger partial charge is 0.270 e. The van der Waals surface area contributed by atoms with Crippen LogP contribution in [0.5, 0.6) is 0 Å². The van der Waals surface area contributed by atoms with Gasteiger partial charge in [-0.15, -0.1) is 0 Å². The molecule has 0 spiro atoms. The predicted octanol–water partition coefficient (Wildman–Crippen LogP) is 2.47. The van der Waals surface area contributed by atoms with Crippen molar-refractivity contribution < 1.29 is 9.72 Å². The van der Waals surface area contributed by atoms with Crippen LogP contribution in [0.1, 0.15) is 12.5 Å². The van der Waals surface area contributed by atoms with Gasteiger partial charge in [0.05, 0.1) is 4.92 Å². The maximum Gasteiger partial charge on any atom is 0.270 e. The monoisotopic (exact) mass is 252 g/mol. The summed E-state index contributed by atoms with van der Waals surface area (Å²) < 4.78 is 0. The van der Waals surface area contributed by atoms with E-state index in [1.165, 1.54) is 36.9 Å². The summed E-state index contributed by atoms with van der Waals surface area (Å²) in [6.45, 7) is 1.49. The molecule has 1 rings (SSSR count). The Kier molecular flexibility index (Phi) is 4.71. The normalized spacial score (nSPS) is 10.6. The van der Waals surface area contributed by atoms with Gasteiger partial charge in [0.2, 0.25) is 0 Å². The maximum atomic E-state index is 10.7. The number of nitrogen functional groups attached to an aromatic ring is 1. The summed E-state index contributed by atoms with van der Waals surface area (Å²) in [5, 5.41) is 10.6. The molecule has 0 heterocycles. The maximum absolute atomic E-state index is 10.7. The molecule has 0 unspecified atom stereocenters. The number of rotatable bonds is 4. The van der Waals surface area contributed by atoms with Gasteiger partial charge in [-0.25, -0.2) is 0 Å². The van der Waals surface area contributed by atoms with Gasteiger partial charge in [0.25, 0.3) is 5.69 Å². The number of nitro benzene ring substituents is 1. The van der Waals surface area contributed by atoms with Gasteiger partial charge in [-0.05, 0) is 6.07 Å². The number of non-ortho nitro benzene ring substituents is 1. The van der Waals surface area contributed by atoms with Crippen LogP contribution in [0.15, 0.2) is 24.3 Å². The van der Waals surface area contributed by atoms with E-state index in [9.17, 15) is 14.9 Å². The summed E-state index contributed by atoms with van der Waals surface area (Å²) >= 11 is 1.17. The van der Waals surface area contributed by atoms with Gasteiger partial charge < -0.3 is 5.73 Å². The Balaban J connectivity index is 2.79. The largest absolute Gasteiger partial charge is 0.398 e. The second-order valence-electron chi connectivity index (χ2n) is 3.28. The van der Waals surface area contributed by atoms with E-state index in [4.69, 9.17) is 5.73 Å². The minimum atomic E-state index is -0.471. The van der Waals surface area contributed by atoms with Crippen molar-refractivity contribution in [2.75, 3.05) is 11.5 Å². The lowest BCUT2D eigenvalue weighted by molar-refractivity contribution is -0.384. The van der Waals surface area contributed by atoms with Gasteiger partial charge in [-0.2, -0.15) is 0 Å². The molecule has 0 fully saturated rings. The molecule has 1 aromatic carbocycles. The second kappa shape index (κ2) is 6.05. The van der Waals surface area contributed by atoms with E-state index in [1.54, 1.807) is 12.2 Å². The minimum absolute atomic E-state index is 0.00179. The topological polar surface area (TPSA) is 86.2 Å². The number of nitrogens with zero attached hydrogens (tertiary/aromatic N) is 1. The van der Waals surface area contributed by atoms with Crippen molar-refractivity contribution in [3.05, 3.63) is 40.0 Å². The quantitative estimate of drug-likeness (QED) is 0.505. The Morgan fingerprint density at radius 1 is 1.59 bits per heavy atom. The van der Waals surface area contributed by atoms with Gasteiger partial charge in [0.15, 0.2) is 5.12 Å². The van der Waals surface area contributed by atoms with Gasteiger partial charge in [0, 0.05) is 36.1 Å². The van der Waals surface area contributed by atoms with Crippen LogP contribution in [-0.4, -0.2) is 15.8 Å². The molecule has 0 amide bonds. The van der Waals surface area contributed by atoms with Crippen LogP contribution in [-0.2, 0) is 4.79 Å². The highest BCUT2D eigenvalue weighted by atomic mass is 32.2. The molecule has 0 bridgehead atoms. The SMILES string of the molecule is CC(=O)SCC=Cc1cc([N+](=O)[O-])ccc1N. The van der Waals surface area contributed by atoms with Crippen molar-refractivity contribution >= 4 is 34.3 Å². The van der Waals surface area contributed by atoms with Gasteiger partial charge >= 0.3 is 0 Å². The number of thioether (sulfide) groups is 1. The van der Waals surface area contributed by atoms with Crippen LogP contribution < -0.4 is 5.73 Å². The fourth-order valence-corrected chi connectivity index (χ4v) is 1.59. The summed E-state index contributed by atoms with van der Waals surface area (Å²) in [6.07, 6.45) is 3.43. The zero-order valence-electron chi connectivity index (χ0n) is 9.25. The zero-order valence-corrected chi connectivity index (χ0v) is 10.1. The Morgan fingerprint density at radius 2 is 2.29 bits per heavy atom. The average molecular weight is 252 g/mol. The number of hydrogen-bond donors (Lipinski definition) is 1. The number of nitro groups is 1. The minimum Gasteiger partial charge on any atom is -0.398 e. The molecule has 5 nitrogen and oxygen atoms in total. The molecule has 0 saturated heterocycles. The Hall–Kier alpha value is -1.82. The Bertz CT molecular complexity index is 472. The molecule has 0 radical (unpaired) electrons. The number of anilines is 1. The Labute approximate surface area is 103 Å². The number of carbonyl (C=O) groups excluding carboxylic acids is 1. The summed E-state index contributed by atoms with van der Waals surface area (Å²) in [5.74, 6) is 0.525. The van der Waals surface area contributed by atoms with E-state index >= 15 is 0 Å². The molecule has 0 aliphatic heterocycles. The van der Waals surface area contributed by atoms with Crippen molar-refractivity contribution in [2.45, 2.75) is 6.92 Å². The number of benzene rings is 1. The molecular weight excluding hydrogens is 240 g/mol. The molecule has 90 valence electrons. The van der Waals surface area contributed by atoms with Crippen LogP contribution in [0.3, 0.4) is 0 Å². The highest BCUT2D eigenvalue weighted by Crippen LogP contribution is 2.21. The summed E-state index contributed by atoms with van der Waals surface area (Å²) in [6, 6.07) is 4.26. The highest BCUT2D eigenvalue weighted by molar-refractivity contribution is 8.13. The first kappa shape index (κ1) is 13.2. The summed E-state index contributed by atoms with van der Waals surface area (Å²) in [7, 11) is 0. The van der Waals surface area contributed by atoms with E-state index < -0.39 is 4.92 Å². The van der Waals surface area contributed by atoms with Gasteiger partial charge in [-0.3, -0.25) is 14.9 Å². The Morgan fingerprint density at radius 3 is 2.88 bits per heavy atom. The fourth-order valence-electron chi connectivity index (χ4n) is 1.16. The molecular formula is C11H12N2O3S. The predicted molar refractivity (Wildman–Crippen MR) is 69.7 cm³/mol. The lowest BCUT2D eigenvalue weighted by Crippen LogP contribution is -1.93. The molecule has 0 saturated carbocycles. The number of carbonyl (C=O) groups is 1. The van der Waals surface area contributed by atoms with Crippen LogP contribution in [0, 0.1) is 10.1 Å². The third-order valence-corrected chi connectivity index (χ3v) is 2.73. The van der Waals surface area contributed by atoms with Crippen LogP contribution in [0.25, 0.3) is 6.08 Å². The molecule has 17 heavy (non-hydrogen) atoms. The van der Waals surface area contributed by atoms with Gasteiger partial charge in [-0.1, -0.05) is 23.9 Å². The van der Waals surface area contributed by atoms with Crippen LogP contribution in [0.4, 0.5) is 11.4 Å². The second-order valence-corrected chi connectivity index (χ2v) is 4.47. The van der Waals surface area contributed by atoms with Crippen LogP contribution >= 0.6 is 11.8 Å². The third kappa shape index (κ3) is 4.28. The lowest BCUT2D eigenvalue weighted by Gasteiger charge is -1.99. The van der Waals surface area contributed by atoms with Crippen molar-refractivity contribution in [2.24, 2.45) is 0 Å².